The Balaban J connectivity index is 1.86. The molecule has 2 aliphatic rings. The van der Waals surface area contributed by atoms with Crippen molar-refractivity contribution in [3.8, 4) is 0 Å². The second-order valence-electron chi connectivity index (χ2n) is 6.02. The van der Waals surface area contributed by atoms with Gasteiger partial charge in [-0.1, -0.05) is 13.0 Å². The molecular formula is C17H27N3S. The maximum absolute atomic E-state index is 6.08. The zero-order valence-corrected chi connectivity index (χ0v) is 13.9. The van der Waals surface area contributed by atoms with Gasteiger partial charge in [0.15, 0.2) is 0 Å². The van der Waals surface area contributed by atoms with Crippen LogP contribution in [0.2, 0.25) is 0 Å². The van der Waals surface area contributed by atoms with Crippen molar-refractivity contribution in [1.82, 2.24) is 4.90 Å². The summed E-state index contributed by atoms with van der Waals surface area (Å²) in [5.41, 5.74) is 8.81. The van der Waals surface area contributed by atoms with Crippen molar-refractivity contribution in [1.29, 1.82) is 0 Å². The van der Waals surface area contributed by atoms with Crippen LogP contribution in [0.5, 0.6) is 0 Å². The summed E-state index contributed by atoms with van der Waals surface area (Å²) in [6.07, 6.45) is 4.00. The summed E-state index contributed by atoms with van der Waals surface area (Å²) in [4.78, 5) is 6.65. The maximum Gasteiger partial charge on any atom is 0.0423 e. The molecular weight excluding hydrogens is 278 g/mol. The molecule has 2 fully saturated rings. The number of rotatable bonds is 4. The average Bonchev–Trinajstić information content (AvgIpc) is 2.84. The Kier molecular flexibility index (Phi) is 5.09. The Morgan fingerprint density at radius 3 is 2.90 bits per heavy atom. The molecule has 0 aromatic heterocycles. The summed E-state index contributed by atoms with van der Waals surface area (Å²) in [6, 6.07) is 7.44. The van der Waals surface area contributed by atoms with Gasteiger partial charge in [-0.25, -0.2) is 0 Å². The molecule has 2 aliphatic heterocycles. The van der Waals surface area contributed by atoms with Gasteiger partial charge in [-0.2, -0.15) is 0 Å². The SMILES string of the molecule is CCSc1cccc(N2CCCN3CCCC3C2)c1CN. The number of hydrogen-bond donors (Lipinski definition) is 1. The van der Waals surface area contributed by atoms with Gasteiger partial charge in [0.05, 0.1) is 0 Å². The highest BCUT2D eigenvalue weighted by Gasteiger charge is 2.29. The zero-order valence-electron chi connectivity index (χ0n) is 13.1. The summed E-state index contributed by atoms with van der Waals surface area (Å²) in [5.74, 6) is 1.10. The fourth-order valence-electron chi connectivity index (χ4n) is 3.77. The van der Waals surface area contributed by atoms with Crippen LogP contribution in [0.1, 0.15) is 31.7 Å². The molecule has 1 unspecified atom stereocenters. The molecule has 0 bridgehead atoms. The molecule has 21 heavy (non-hydrogen) atoms. The van der Waals surface area contributed by atoms with Crippen LogP contribution in [0.15, 0.2) is 23.1 Å². The molecule has 2 saturated heterocycles. The number of fused-ring (bicyclic) bond motifs is 1. The van der Waals surface area contributed by atoms with E-state index < -0.39 is 0 Å². The van der Waals surface area contributed by atoms with Gasteiger partial charge in [0, 0.05) is 48.4 Å². The predicted octanol–water partition coefficient (Wildman–Crippen LogP) is 2.93. The summed E-state index contributed by atoms with van der Waals surface area (Å²) < 4.78 is 0. The Labute approximate surface area is 132 Å². The highest BCUT2D eigenvalue weighted by Crippen LogP contribution is 2.32. The zero-order chi connectivity index (χ0) is 14.7. The smallest absolute Gasteiger partial charge is 0.0423 e. The number of thioether (sulfide) groups is 1. The molecule has 4 heteroatoms. The molecule has 116 valence electrons. The summed E-state index contributed by atoms with van der Waals surface area (Å²) in [5, 5.41) is 0. The summed E-state index contributed by atoms with van der Waals surface area (Å²) >= 11 is 1.91. The van der Waals surface area contributed by atoms with Gasteiger partial charge in [-0.05, 0) is 43.7 Å². The molecule has 0 saturated carbocycles. The van der Waals surface area contributed by atoms with Crippen LogP contribution in [-0.4, -0.2) is 42.9 Å². The van der Waals surface area contributed by atoms with E-state index >= 15 is 0 Å². The van der Waals surface area contributed by atoms with E-state index in [4.69, 9.17) is 5.73 Å². The van der Waals surface area contributed by atoms with E-state index in [0.29, 0.717) is 6.54 Å². The van der Waals surface area contributed by atoms with Gasteiger partial charge in [-0.15, -0.1) is 11.8 Å². The molecule has 1 aromatic rings. The lowest BCUT2D eigenvalue weighted by Gasteiger charge is -2.29. The lowest BCUT2D eigenvalue weighted by Crippen LogP contribution is -2.37. The second-order valence-corrected chi connectivity index (χ2v) is 7.33. The lowest BCUT2D eigenvalue weighted by molar-refractivity contribution is 0.273. The van der Waals surface area contributed by atoms with Crippen LogP contribution in [-0.2, 0) is 6.54 Å². The quantitative estimate of drug-likeness (QED) is 0.867. The standard InChI is InChI=1S/C17H27N3S/c1-2-21-17-8-3-7-16(15(17)12-18)20-11-5-10-19-9-4-6-14(19)13-20/h3,7-8,14H,2,4-6,9-13,18H2,1H3. The molecule has 1 aromatic carbocycles. The number of benzene rings is 1. The third-order valence-electron chi connectivity index (χ3n) is 4.76. The van der Waals surface area contributed by atoms with Gasteiger partial charge < -0.3 is 10.6 Å². The topological polar surface area (TPSA) is 32.5 Å². The van der Waals surface area contributed by atoms with Crippen molar-refractivity contribution in [2.75, 3.05) is 36.8 Å². The van der Waals surface area contributed by atoms with Crippen LogP contribution >= 0.6 is 11.8 Å². The molecule has 0 amide bonds. The van der Waals surface area contributed by atoms with E-state index in [9.17, 15) is 0 Å². The number of anilines is 1. The second kappa shape index (κ2) is 7.03. The van der Waals surface area contributed by atoms with Crippen LogP contribution in [0.3, 0.4) is 0 Å². The van der Waals surface area contributed by atoms with Crippen molar-refractivity contribution in [2.24, 2.45) is 5.73 Å². The molecule has 0 radical (unpaired) electrons. The minimum Gasteiger partial charge on any atom is -0.370 e. The number of nitrogens with two attached hydrogens (primary N) is 1. The van der Waals surface area contributed by atoms with Crippen LogP contribution in [0, 0.1) is 0 Å². The third kappa shape index (κ3) is 3.22. The third-order valence-corrected chi connectivity index (χ3v) is 5.74. The van der Waals surface area contributed by atoms with E-state index in [1.807, 2.05) is 11.8 Å². The van der Waals surface area contributed by atoms with Crippen LogP contribution in [0.25, 0.3) is 0 Å². The van der Waals surface area contributed by atoms with E-state index in [-0.39, 0.29) is 0 Å². The van der Waals surface area contributed by atoms with Gasteiger partial charge in [0.1, 0.15) is 0 Å². The number of nitrogens with zero attached hydrogens (tertiary/aromatic N) is 2. The summed E-state index contributed by atoms with van der Waals surface area (Å²) in [6.45, 7) is 7.76. The highest BCUT2D eigenvalue weighted by atomic mass is 32.2. The Hall–Kier alpha value is -0.710. The first-order valence-corrected chi connectivity index (χ1v) is 9.25. The van der Waals surface area contributed by atoms with Crippen molar-refractivity contribution in [2.45, 2.75) is 43.7 Å². The lowest BCUT2D eigenvalue weighted by atomic mass is 10.1. The van der Waals surface area contributed by atoms with Crippen molar-refractivity contribution >= 4 is 17.4 Å². The Morgan fingerprint density at radius 2 is 2.10 bits per heavy atom. The first kappa shape index (κ1) is 15.2. The number of hydrogen-bond acceptors (Lipinski definition) is 4. The monoisotopic (exact) mass is 305 g/mol. The molecule has 1 atom stereocenters. The maximum atomic E-state index is 6.08. The fraction of sp³-hybridized carbons (Fsp3) is 0.647. The fourth-order valence-corrected chi connectivity index (χ4v) is 4.62. The predicted molar refractivity (Wildman–Crippen MR) is 92.2 cm³/mol. The minimum absolute atomic E-state index is 0.642. The first-order chi connectivity index (χ1) is 10.3. The Bertz CT molecular complexity index is 477. The molecule has 2 heterocycles. The van der Waals surface area contributed by atoms with Crippen LogP contribution in [0.4, 0.5) is 5.69 Å². The molecule has 0 aliphatic carbocycles. The highest BCUT2D eigenvalue weighted by molar-refractivity contribution is 7.99. The van der Waals surface area contributed by atoms with E-state index in [0.717, 1.165) is 11.8 Å². The first-order valence-electron chi connectivity index (χ1n) is 8.27. The van der Waals surface area contributed by atoms with Crippen molar-refractivity contribution in [3.63, 3.8) is 0 Å². The Morgan fingerprint density at radius 1 is 1.24 bits per heavy atom. The molecule has 0 spiro atoms. The van der Waals surface area contributed by atoms with Gasteiger partial charge in [0.2, 0.25) is 0 Å². The molecule has 2 N–H and O–H groups in total. The van der Waals surface area contributed by atoms with E-state index in [1.165, 1.54) is 61.6 Å². The largest absolute Gasteiger partial charge is 0.370 e. The van der Waals surface area contributed by atoms with E-state index in [1.54, 1.807) is 0 Å². The molecule has 3 nitrogen and oxygen atoms in total. The van der Waals surface area contributed by atoms with Gasteiger partial charge in [-0.3, -0.25) is 4.90 Å². The van der Waals surface area contributed by atoms with Gasteiger partial charge in [0.25, 0.3) is 0 Å². The summed E-state index contributed by atoms with van der Waals surface area (Å²) in [7, 11) is 0. The van der Waals surface area contributed by atoms with Crippen LogP contribution < -0.4 is 10.6 Å². The molecule has 3 rings (SSSR count). The van der Waals surface area contributed by atoms with Gasteiger partial charge >= 0.3 is 0 Å². The normalized spacial score (nSPS) is 23.1. The van der Waals surface area contributed by atoms with Crippen molar-refractivity contribution in [3.05, 3.63) is 23.8 Å². The minimum atomic E-state index is 0.642. The van der Waals surface area contributed by atoms with Crippen molar-refractivity contribution < 1.29 is 0 Å². The van der Waals surface area contributed by atoms with E-state index in [2.05, 4.69) is 34.9 Å². The average molecular weight is 305 g/mol.